The number of phenolic OH excluding ortho intramolecular Hbond substituents is 1. The van der Waals surface area contributed by atoms with Gasteiger partial charge in [0.05, 0.1) is 5.69 Å². The lowest BCUT2D eigenvalue weighted by Crippen LogP contribution is -2.01. The third-order valence-corrected chi connectivity index (χ3v) is 2.93. The molecule has 20 heavy (non-hydrogen) atoms. The minimum atomic E-state index is 0.289. The first-order valence-electron chi connectivity index (χ1n) is 6.17. The van der Waals surface area contributed by atoms with E-state index in [2.05, 4.69) is 20.8 Å². The van der Waals surface area contributed by atoms with Gasteiger partial charge in [-0.2, -0.15) is 0 Å². The average molecular weight is 267 g/mol. The number of hydrogen-bond acceptors (Lipinski definition) is 5. The molecule has 0 radical (unpaired) electrons. The highest BCUT2D eigenvalue weighted by molar-refractivity contribution is 5.51. The molecule has 6 heteroatoms. The molecule has 0 saturated carbocycles. The Morgan fingerprint density at radius 2 is 2.00 bits per heavy atom. The van der Waals surface area contributed by atoms with Crippen LogP contribution in [0.5, 0.6) is 5.75 Å². The van der Waals surface area contributed by atoms with Crippen LogP contribution in [0.25, 0.3) is 5.69 Å². The van der Waals surface area contributed by atoms with Crippen LogP contribution in [0.3, 0.4) is 0 Å². The molecule has 0 aliphatic rings. The molecule has 3 aromatic rings. The van der Waals surface area contributed by atoms with Crippen molar-refractivity contribution in [3.8, 4) is 11.4 Å². The minimum Gasteiger partial charge on any atom is -0.508 e. The standard InChI is InChI=1S/C14H13N5O/c20-14-7-2-1-4-11(14)9-15-12-5-3-6-13(8-12)19-10-16-17-18-19/h1-8,10,15,20H,9H2. The Morgan fingerprint density at radius 1 is 1.10 bits per heavy atom. The summed E-state index contributed by atoms with van der Waals surface area (Å²) in [5, 5.41) is 24.1. The molecule has 0 aliphatic heterocycles. The third kappa shape index (κ3) is 2.59. The zero-order chi connectivity index (χ0) is 13.8. The first-order valence-corrected chi connectivity index (χ1v) is 6.17. The number of aromatic hydroxyl groups is 1. The number of phenols is 1. The molecule has 0 unspecified atom stereocenters. The molecule has 0 amide bonds. The van der Waals surface area contributed by atoms with E-state index in [1.165, 1.54) is 0 Å². The highest BCUT2D eigenvalue weighted by atomic mass is 16.3. The van der Waals surface area contributed by atoms with Crippen LogP contribution in [0.2, 0.25) is 0 Å². The first kappa shape index (κ1) is 12.2. The molecular weight excluding hydrogens is 254 g/mol. The van der Waals surface area contributed by atoms with Crippen LogP contribution < -0.4 is 5.32 Å². The summed E-state index contributed by atoms with van der Waals surface area (Å²) in [5.74, 6) is 0.289. The molecule has 0 fully saturated rings. The van der Waals surface area contributed by atoms with Gasteiger partial charge in [-0.1, -0.05) is 24.3 Å². The maximum absolute atomic E-state index is 9.72. The number of rotatable bonds is 4. The van der Waals surface area contributed by atoms with Crippen molar-refractivity contribution in [3.05, 3.63) is 60.4 Å². The van der Waals surface area contributed by atoms with E-state index in [1.807, 2.05) is 36.4 Å². The summed E-state index contributed by atoms with van der Waals surface area (Å²) in [6.07, 6.45) is 1.54. The lowest BCUT2D eigenvalue weighted by Gasteiger charge is -2.09. The smallest absolute Gasteiger partial charge is 0.143 e. The van der Waals surface area contributed by atoms with Crippen LogP contribution in [-0.4, -0.2) is 25.3 Å². The molecule has 1 heterocycles. The van der Waals surface area contributed by atoms with E-state index in [1.54, 1.807) is 23.1 Å². The Hall–Kier alpha value is -2.89. The number of para-hydroxylation sites is 1. The van der Waals surface area contributed by atoms with Gasteiger partial charge in [-0.05, 0) is 34.7 Å². The second-order valence-electron chi connectivity index (χ2n) is 4.29. The second-order valence-corrected chi connectivity index (χ2v) is 4.29. The van der Waals surface area contributed by atoms with Crippen LogP contribution in [0.4, 0.5) is 5.69 Å². The summed E-state index contributed by atoms with van der Waals surface area (Å²) in [6, 6.07) is 15.0. The fourth-order valence-corrected chi connectivity index (χ4v) is 1.90. The van der Waals surface area contributed by atoms with Gasteiger partial charge in [0.2, 0.25) is 0 Å². The van der Waals surface area contributed by atoms with Gasteiger partial charge in [0.1, 0.15) is 12.1 Å². The van der Waals surface area contributed by atoms with Crippen LogP contribution in [0, 0.1) is 0 Å². The molecule has 2 N–H and O–H groups in total. The van der Waals surface area contributed by atoms with Crippen molar-refractivity contribution >= 4 is 5.69 Å². The average Bonchev–Trinajstić information content (AvgIpc) is 3.01. The summed E-state index contributed by atoms with van der Waals surface area (Å²) < 4.78 is 1.59. The molecule has 1 aromatic heterocycles. The number of nitrogens with one attached hydrogen (secondary N) is 1. The van der Waals surface area contributed by atoms with E-state index < -0.39 is 0 Å². The monoisotopic (exact) mass is 267 g/mol. The summed E-state index contributed by atoms with van der Waals surface area (Å²) in [4.78, 5) is 0. The maximum atomic E-state index is 9.72. The molecule has 6 nitrogen and oxygen atoms in total. The SMILES string of the molecule is Oc1ccccc1CNc1cccc(-n2cnnn2)c1. The number of benzene rings is 2. The highest BCUT2D eigenvalue weighted by Crippen LogP contribution is 2.19. The van der Waals surface area contributed by atoms with E-state index >= 15 is 0 Å². The zero-order valence-electron chi connectivity index (χ0n) is 10.6. The second kappa shape index (κ2) is 5.40. The number of aromatic nitrogens is 4. The normalized spacial score (nSPS) is 10.4. The zero-order valence-corrected chi connectivity index (χ0v) is 10.6. The van der Waals surface area contributed by atoms with Gasteiger partial charge in [-0.3, -0.25) is 0 Å². The Kier molecular flexibility index (Phi) is 3.28. The van der Waals surface area contributed by atoms with Gasteiger partial charge in [0.25, 0.3) is 0 Å². The fraction of sp³-hybridized carbons (Fsp3) is 0.0714. The van der Waals surface area contributed by atoms with Crippen molar-refractivity contribution in [2.24, 2.45) is 0 Å². The lowest BCUT2D eigenvalue weighted by molar-refractivity contribution is 0.469. The van der Waals surface area contributed by atoms with Gasteiger partial charge < -0.3 is 10.4 Å². The van der Waals surface area contributed by atoms with E-state index in [4.69, 9.17) is 0 Å². The van der Waals surface area contributed by atoms with E-state index in [0.29, 0.717) is 6.54 Å². The number of anilines is 1. The lowest BCUT2D eigenvalue weighted by atomic mass is 10.2. The number of nitrogens with zero attached hydrogens (tertiary/aromatic N) is 4. The first-order chi connectivity index (χ1) is 9.83. The van der Waals surface area contributed by atoms with Gasteiger partial charge in [-0.25, -0.2) is 4.68 Å². The summed E-state index contributed by atoms with van der Waals surface area (Å²) in [5.41, 5.74) is 2.65. The molecule has 0 atom stereocenters. The van der Waals surface area contributed by atoms with Crippen molar-refractivity contribution in [3.63, 3.8) is 0 Å². The summed E-state index contributed by atoms with van der Waals surface area (Å²) in [6.45, 7) is 0.547. The van der Waals surface area contributed by atoms with Crippen molar-refractivity contribution in [2.75, 3.05) is 5.32 Å². The highest BCUT2D eigenvalue weighted by Gasteiger charge is 2.02. The van der Waals surface area contributed by atoms with Crippen LogP contribution in [-0.2, 0) is 6.54 Å². The molecule has 0 spiro atoms. The number of tetrazole rings is 1. The van der Waals surface area contributed by atoms with Gasteiger partial charge in [-0.15, -0.1) is 5.10 Å². The third-order valence-electron chi connectivity index (χ3n) is 2.93. The van der Waals surface area contributed by atoms with Crippen molar-refractivity contribution < 1.29 is 5.11 Å². The molecular formula is C14H13N5O. The van der Waals surface area contributed by atoms with E-state index in [0.717, 1.165) is 16.9 Å². The van der Waals surface area contributed by atoms with E-state index in [9.17, 15) is 5.11 Å². The Balaban J connectivity index is 1.75. The topological polar surface area (TPSA) is 75.9 Å². The van der Waals surface area contributed by atoms with E-state index in [-0.39, 0.29) is 5.75 Å². The quantitative estimate of drug-likeness (QED) is 0.756. The van der Waals surface area contributed by atoms with Crippen molar-refractivity contribution in [2.45, 2.75) is 6.54 Å². The maximum Gasteiger partial charge on any atom is 0.143 e. The molecule has 100 valence electrons. The van der Waals surface area contributed by atoms with Gasteiger partial charge >= 0.3 is 0 Å². The van der Waals surface area contributed by atoms with Crippen LogP contribution >= 0.6 is 0 Å². The fourth-order valence-electron chi connectivity index (χ4n) is 1.90. The van der Waals surface area contributed by atoms with Crippen LogP contribution in [0.1, 0.15) is 5.56 Å². The molecule has 0 aliphatic carbocycles. The molecule has 0 bridgehead atoms. The Morgan fingerprint density at radius 3 is 2.80 bits per heavy atom. The summed E-state index contributed by atoms with van der Waals surface area (Å²) in [7, 11) is 0. The van der Waals surface area contributed by atoms with Crippen molar-refractivity contribution in [1.82, 2.24) is 20.2 Å². The molecule has 0 saturated heterocycles. The Labute approximate surface area is 115 Å². The number of hydrogen-bond donors (Lipinski definition) is 2. The van der Waals surface area contributed by atoms with Crippen LogP contribution in [0.15, 0.2) is 54.9 Å². The minimum absolute atomic E-state index is 0.289. The van der Waals surface area contributed by atoms with Gasteiger partial charge in [0.15, 0.2) is 0 Å². The predicted molar refractivity (Wildman–Crippen MR) is 74.6 cm³/mol. The summed E-state index contributed by atoms with van der Waals surface area (Å²) >= 11 is 0. The predicted octanol–water partition coefficient (Wildman–Crippen LogP) is 1.98. The van der Waals surface area contributed by atoms with Crippen molar-refractivity contribution in [1.29, 1.82) is 0 Å². The molecule has 2 aromatic carbocycles. The van der Waals surface area contributed by atoms with Gasteiger partial charge in [0, 0.05) is 17.8 Å². The molecule has 3 rings (SSSR count). The largest absolute Gasteiger partial charge is 0.508 e. The Bertz CT molecular complexity index is 696.